The van der Waals surface area contributed by atoms with Crippen LogP contribution in [0, 0.1) is 6.92 Å². The minimum absolute atomic E-state index is 0.0533. The van der Waals surface area contributed by atoms with Crippen molar-refractivity contribution in [2.24, 2.45) is 0 Å². The van der Waals surface area contributed by atoms with Gasteiger partial charge in [-0.2, -0.15) is 0 Å². The van der Waals surface area contributed by atoms with E-state index in [1.807, 2.05) is 55.5 Å². The van der Waals surface area contributed by atoms with Gasteiger partial charge in [0, 0.05) is 12.3 Å². The number of amides is 1. The maximum Gasteiger partial charge on any atom is 0.230 e. The highest BCUT2D eigenvalue weighted by Gasteiger charge is 2.02. The third-order valence-electron chi connectivity index (χ3n) is 3.32. The van der Waals surface area contributed by atoms with E-state index in [0.29, 0.717) is 12.3 Å². The summed E-state index contributed by atoms with van der Waals surface area (Å²) in [6.07, 6.45) is 0. The van der Waals surface area contributed by atoms with Crippen LogP contribution in [0.15, 0.2) is 48.5 Å². The SMILES string of the molecule is Cc1ccc(CNC(=O)CSCc2ccc(CO)cc2)cc1. The summed E-state index contributed by atoms with van der Waals surface area (Å²) in [5, 5.41) is 11.9. The van der Waals surface area contributed by atoms with Crippen LogP contribution in [0.1, 0.15) is 22.3 Å². The largest absolute Gasteiger partial charge is 0.392 e. The first-order valence-corrected chi connectivity index (χ1v) is 8.41. The summed E-state index contributed by atoms with van der Waals surface area (Å²) in [7, 11) is 0. The highest BCUT2D eigenvalue weighted by atomic mass is 32.2. The molecule has 2 aromatic carbocycles. The summed E-state index contributed by atoms with van der Waals surface area (Å²) in [4.78, 5) is 11.8. The van der Waals surface area contributed by atoms with Crippen molar-refractivity contribution >= 4 is 17.7 Å². The number of nitrogens with one attached hydrogen (secondary N) is 1. The van der Waals surface area contributed by atoms with E-state index in [1.54, 1.807) is 11.8 Å². The number of benzene rings is 2. The summed E-state index contributed by atoms with van der Waals surface area (Å²) in [6.45, 7) is 2.69. The lowest BCUT2D eigenvalue weighted by atomic mass is 10.1. The Morgan fingerprint density at radius 3 is 2.23 bits per heavy atom. The monoisotopic (exact) mass is 315 g/mol. The predicted molar refractivity (Wildman–Crippen MR) is 91.6 cm³/mol. The minimum Gasteiger partial charge on any atom is -0.392 e. The van der Waals surface area contributed by atoms with Crippen molar-refractivity contribution in [2.45, 2.75) is 25.8 Å². The van der Waals surface area contributed by atoms with E-state index in [0.717, 1.165) is 22.4 Å². The molecule has 2 rings (SSSR count). The van der Waals surface area contributed by atoms with Crippen LogP contribution in [0.2, 0.25) is 0 Å². The second kappa shape index (κ2) is 8.61. The van der Waals surface area contributed by atoms with Gasteiger partial charge in [-0.3, -0.25) is 4.79 Å². The molecule has 0 aromatic heterocycles. The molecule has 1 amide bonds. The number of carbonyl (C=O) groups excluding carboxylic acids is 1. The molecular formula is C18H21NO2S. The van der Waals surface area contributed by atoms with Gasteiger partial charge in [-0.25, -0.2) is 0 Å². The smallest absolute Gasteiger partial charge is 0.230 e. The lowest BCUT2D eigenvalue weighted by Crippen LogP contribution is -2.24. The Morgan fingerprint density at radius 1 is 1.00 bits per heavy atom. The van der Waals surface area contributed by atoms with Crippen LogP contribution >= 0.6 is 11.8 Å². The molecule has 0 saturated carbocycles. The van der Waals surface area contributed by atoms with E-state index in [-0.39, 0.29) is 12.5 Å². The van der Waals surface area contributed by atoms with Gasteiger partial charge in [-0.05, 0) is 23.6 Å². The lowest BCUT2D eigenvalue weighted by Gasteiger charge is -2.06. The van der Waals surface area contributed by atoms with Crippen LogP contribution in [0.4, 0.5) is 0 Å². The van der Waals surface area contributed by atoms with Crippen molar-refractivity contribution in [1.29, 1.82) is 0 Å². The molecule has 0 fully saturated rings. The third-order valence-corrected chi connectivity index (χ3v) is 4.32. The zero-order valence-electron chi connectivity index (χ0n) is 12.7. The first-order valence-electron chi connectivity index (χ1n) is 7.26. The fourth-order valence-electron chi connectivity index (χ4n) is 1.96. The molecule has 3 nitrogen and oxygen atoms in total. The van der Waals surface area contributed by atoms with E-state index in [1.165, 1.54) is 5.56 Å². The van der Waals surface area contributed by atoms with Gasteiger partial charge in [0.15, 0.2) is 0 Å². The van der Waals surface area contributed by atoms with Gasteiger partial charge in [0.05, 0.1) is 12.4 Å². The minimum atomic E-state index is 0.0533. The van der Waals surface area contributed by atoms with E-state index in [9.17, 15) is 4.79 Å². The van der Waals surface area contributed by atoms with Crippen LogP contribution in [0.25, 0.3) is 0 Å². The molecule has 0 saturated heterocycles. The quantitative estimate of drug-likeness (QED) is 0.826. The average Bonchev–Trinajstić information content (AvgIpc) is 2.55. The highest BCUT2D eigenvalue weighted by Crippen LogP contribution is 2.13. The zero-order chi connectivity index (χ0) is 15.8. The molecule has 2 aromatic rings. The Morgan fingerprint density at radius 2 is 1.59 bits per heavy atom. The van der Waals surface area contributed by atoms with E-state index in [2.05, 4.69) is 5.32 Å². The first kappa shape index (κ1) is 16.6. The summed E-state index contributed by atoms with van der Waals surface area (Å²) in [6, 6.07) is 16.0. The fraction of sp³-hybridized carbons (Fsp3) is 0.278. The molecule has 2 N–H and O–H groups in total. The van der Waals surface area contributed by atoms with Crippen LogP contribution in [0.3, 0.4) is 0 Å². The standard InChI is InChI=1S/C18H21NO2S/c1-14-2-4-15(5-3-14)10-19-18(21)13-22-12-17-8-6-16(11-20)7-9-17/h2-9,20H,10-13H2,1H3,(H,19,21). The van der Waals surface area contributed by atoms with Gasteiger partial charge >= 0.3 is 0 Å². The molecule has 0 bridgehead atoms. The van der Waals surface area contributed by atoms with E-state index >= 15 is 0 Å². The summed E-state index contributed by atoms with van der Waals surface area (Å²) in [5.41, 5.74) is 4.40. The fourth-order valence-corrected chi connectivity index (χ4v) is 2.78. The van der Waals surface area contributed by atoms with Crippen molar-refractivity contribution in [1.82, 2.24) is 5.32 Å². The second-order valence-corrected chi connectivity index (χ2v) is 6.22. The number of rotatable bonds is 7. The predicted octanol–water partition coefficient (Wildman–Crippen LogP) is 3.04. The van der Waals surface area contributed by atoms with Gasteiger partial charge < -0.3 is 10.4 Å². The molecule has 0 unspecified atom stereocenters. The summed E-state index contributed by atoms with van der Waals surface area (Å²) < 4.78 is 0. The Kier molecular flexibility index (Phi) is 6.49. The van der Waals surface area contributed by atoms with Crippen molar-refractivity contribution in [3.05, 3.63) is 70.8 Å². The molecule has 0 radical (unpaired) electrons. The van der Waals surface area contributed by atoms with Crippen LogP contribution in [-0.2, 0) is 23.7 Å². The Balaban J connectivity index is 1.67. The van der Waals surface area contributed by atoms with Crippen molar-refractivity contribution in [3.63, 3.8) is 0 Å². The van der Waals surface area contributed by atoms with Crippen LogP contribution < -0.4 is 5.32 Å². The number of aliphatic hydroxyl groups excluding tert-OH is 1. The molecule has 0 aliphatic carbocycles. The van der Waals surface area contributed by atoms with E-state index in [4.69, 9.17) is 5.11 Å². The lowest BCUT2D eigenvalue weighted by molar-refractivity contribution is -0.118. The highest BCUT2D eigenvalue weighted by molar-refractivity contribution is 7.99. The summed E-state index contributed by atoms with van der Waals surface area (Å²) >= 11 is 1.59. The van der Waals surface area contributed by atoms with Crippen molar-refractivity contribution < 1.29 is 9.90 Å². The first-order chi connectivity index (χ1) is 10.7. The topological polar surface area (TPSA) is 49.3 Å². The van der Waals surface area contributed by atoms with E-state index < -0.39 is 0 Å². The van der Waals surface area contributed by atoms with Gasteiger partial charge in [0.25, 0.3) is 0 Å². The normalized spacial score (nSPS) is 10.5. The zero-order valence-corrected chi connectivity index (χ0v) is 13.5. The summed E-state index contributed by atoms with van der Waals surface area (Å²) in [5.74, 6) is 1.30. The Bertz CT molecular complexity index is 593. The molecule has 0 aliphatic rings. The number of carbonyl (C=O) groups is 1. The molecular weight excluding hydrogens is 294 g/mol. The molecule has 0 heterocycles. The molecule has 22 heavy (non-hydrogen) atoms. The molecule has 116 valence electrons. The molecule has 0 spiro atoms. The Labute approximate surface area is 135 Å². The van der Waals surface area contributed by atoms with Crippen LogP contribution in [-0.4, -0.2) is 16.8 Å². The number of hydrogen-bond donors (Lipinski definition) is 2. The number of hydrogen-bond acceptors (Lipinski definition) is 3. The number of aliphatic hydroxyl groups is 1. The van der Waals surface area contributed by atoms with Crippen molar-refractivity contribution in [3.8, 4) is 0 Å². The maximum absolute atomic E-state index is 11.8. The van der Waals surface area contributed by atoms with Gasteiger partial charge in [0.1, 0.15) is 0 Å². The Hall–Kier alpha value is -1.78. The van der Waals surface area contributed by atoms with Gasteiger partial charge in [-0.15, -0.1) is 11.8 Å². The average molecular weight is 315 g/mol. The third kappa shape index (κ3) is 5.54. The number of aryl methyl sites for hydroxylation is 1. The molecule has 4 heteroatoms. The number of thioether (sulfide) groups is 1. The molecule has 0 aliphatic heterocycles. The molecule has 0 atom stereocenters. The second-order valence-electron chi connectivity index (χ2n) is 5.23. The van der Waals surface area contributed by atoms with Crippen molar-refractivity contribution in [2.75, 3.05) is 5.75 Å². The van der Waals surface area contributed by atoms with Crippen LogP contribution in [0.5, 0.6) is 0 Å². The van der Waals surface area contributed by atoms with Gasteiger partial charge in [0.2, 0.25) is 5.91 Å². The van der Waals surface area contributed by atoms with Gasteiger partial charge in [-0.1, -0.05) is 54.1 Å². The maximum atomic E-state index is 11.8.